The summed E-state index contributed by atoms with van der Waals surface area (Å²) in [6.45, 7) is 2.21. The van der Waals surface area contributed by atoms with E-state index in [0.717, 1.165) is 12.2 Å². The first-order chi connectivity index (χ1) is 12.0. The highest BCUT2D eigenvalue weighted by Gasteiger charge is 2.09. The summed E-state index contributed by atoms with van der Waals surface area (Å²) in [6, 6.07) is 5.40. The third-order valence-corrected chi connectivity index (χ3v) is 4.91. The summed E-state index contributed by atoms with van der Waals surface area (Å²) in [5.41, 5.74) is 5.48. The quantitative estimate of drug-likeness (QED) is 0.266. The van der Waals surface area contributed by atoms with Crippen LogP contribution in [0.15, 0.2) is 24.3 Å². The number of carbonyl (C=O) groups is 1. The minimum atomic E-state index is -0.504. The average Bonchev–Trinajstić information content (AvgIpc) is 2.62. The molecule has 0 spiro atoms. The van der Waals surface area contributed by atoms with Crippen molar-refractivity contribution in [3.05, 3.63) is 39.9 Å². The lowest BCUT2D eigenvalue weighted by molar-refractivity contribution is -0.384. The molecular formula is C17H25N3O3S2. The summed E-state index contributed by atoms with van der Waals surface area (Å²) in [6.07, 6.45) is 8.77. The van der Waals surface area contributed by atoms with Gasteiger partial charge in [-0.05, 0) is 18.6 Å². The van der Waals surface area contributed by atoms with Crippen molar-refractivity contribution in [2.24, 2.45) is 0 Å². The van der Waals surface area contributed by atoms with Crippen molar-refractivity contribution in [2.75, 3.05) is 5.75 Å². The molecule has 138 valence electrons. The minimum absolute atomic E-state index is 0.0507. The highest BCUT2D eigenvalue weighted by Crippen LogP contribution is 2.12. The Morgan fingerprint density at radius 2 is 1.68 bits per heavy atom. The van der Waals surface area contributed by atoms with E-state index in [2.05, 4.69) is 17.8 Å². The van der Waals surface area contributed by atoms with Crippen LogP contribution in [0, 0.1) is 10.1 Å². The molecule has 1 aromatic carbocycles. The molecule has 0 aliphatic rings. The van der Waals surface area contributed by atoms with Gasteiger partial charge in [0.2, 0.25) is 0 Å². The first kappa shape index (κ1) is 21.4. The molecule has 2 N–H and O–H groups in total. The zero-order chi connectivity index (χ0) is 18.5. The maximum atomic E-state index is 11.9. The van der Waals surface area contributed by atoms with E-state index in [1.165, 1.54) is 74.6 Å². The van der Waals surface area contributed by atoms with Crippen LogP contribution in [0.5, 0.6) is 0 Å². The Balaban J connectivity index is 2.14. The highest BCUT2D eigenvalue weighted by atomic mass is 32.2. The van der Waals surface area contributed by atoms with E-state index >= 15 is 0 Å². The van der Waals surface area contributed by atoms with Gasteiger partial charge < -0.3 is 0 Å². The second-order valence-corrected chi connectivity index (χ2v) is 7.41. The lowest BCUT2D eigenvalue weighted by Gasteiger charge is -2.09. The van der Waals surface area contributed by atoms with Gasteiger partial charge >= 0.3 is 0 Å². The number of non-ortho nitro benzene ring substituents is 1. The van der Waals surface area contributed by atoms with Gasteiger partial charge in [-0.3, -0.25) is 25.8 Å². The predicted molar refractivity (Wildman–Crippen MR) is 107 cm³/mol. The second kappa shape index (κ2) is 12.7. The molecule has 0 aliphatic heterocycles. The van der Waals surface area contributed by atoms with Crippen LogP contribution in [0.3, 0.4) is 0 Å². The molecule has 1 rings (SSSR count). The van der Waals surface area contributed by atoms with Gasteiger partial charge in [0.25, 0.3) is 11.6 Å². The van der Waals surface area contributed by atoms with E-state index < -0.39 is 4.92 Å². The van der Waals surface area contributed by atoms with Crippen LogP contribution in [-0.2, 0) is 0 Å². The molecule has 0 atom stereocenters. The Morgan fingerprint density at radius 3 is 2.28 bits per heavy atom. The average molecular weight is 384 g/mol. The number of benzene rings is 1. The number of hydrazine groups is 1. The Hall–Kier alpha value is -1.67. The molecule has 6 nitrogen and oxygen atoms in total. The summed E-state index contributed by atoms with van der Waals surface area (Å²) < 4.78 is 0.515. The topological polar surface area (TPSA) is 84.3 Å². The van der Waals surface area contributed by atoms with Gasteiger partial charge in [0.05, 0.1) is 4.92 Å². The number of hydrogen-bond acceptors (Lipinski definition) is 5. The maximum absolute atomic E-state index is 11.9. The summed E-state index contributed by atoms with van der Waals surface area (Å²) >= 11 is 6.67. The summed E-state index contributed by atoms with van der Waals surface area (Å²) in [5.74, 6) is 0.543. The van der Waals surface area contributed by atoms with Crippen molar-refractivity contribution in [3.8, 4) is 0 Å². The van der Waals surface area contributed by atoms with Crippen molar-refractivity contribution in [1.29, 1.82) is 0 Å². The Morgan fingerprint density at radius 1 is 1.08 bits per heavy atom. The molecule has 25 heavy (non-hydrogen) atoms. The maximum Gasteiger partial charge on any atom is 0.269 e. The van der Waals surface area contributed by atoms with E-state index in [0.29, 0.717) is 9.88 Å². The SMILES string of the molecule is CCCCCCCCCSC(=S)NNC(=O)c1ccc([N+](=O)[O-])cc1. The number of nitro groups is 1. The number of rotatable bonds is 10. The van der Waals surface area contributed by atoms with Crippen LogP contribution in [0.4, 0.5) is 5.69 Å². The van der Waals surface area contributed by atoms with E-state index in [-0.39, 0.29) is 11.6 Å². The lowest BCUT2D eigenvalue weighted by atomic mass is 10.1. The summed E-state index contributed by atoms with van der Waals surface area (Å²) in [5, 5.41) is 10.6. The molecule has 0 unspecified atom stereocenters. The van der Waals surface area contributed by atoms with E-state index in [4.69, 9.17) is 12.2 Å². The number of amides is 1. The van der Waals surface area contributed by atoms with Crippen LogP contribution in [0.25, 0.3) is 0 Å². The summed E-state index contributed by atoms with van der Waals surface area (Å²) in [4.78, 5) is 22.0. The fourth-order valence-electron chi connectivity index (χ4n) is 2.17. The van der Waals surface area contributed by atoms with Gasteiger partial charge in [-0.2, -0.15) is 0 Å². The van der Waals surface area contributed by atoms with Crippen LogP contribution in [0.1, 0.15) is 62.2 Å². The minimum Gasteiger partial charge on any atom is -0.283 e. The fraction of sp³-hybridized carbons (Fsp3) is 0.529. The van der Waals surface area contributed by atoms with Crippen LogP contribution in [-0.4, -0.2) is 20.9 Å². The Labute approximate surface area is 158 Å². The van der Waals surface area contributed by atoms with Gasteiger partial charge in [-0.15, -0.1) is 0 Å². The second-order valence-electron chi connectivity index (χ2n) is 5.64. The predicted octanol–water partition coefficient (Wildman–Crippen LogP) is 4.60. The van der Waals surface area contributed by atoms with Crippen molar-refractivity contribution >= 4 is 39.9 Å². The molecule has 1 aromatic rings. The number of unbranched alkanes of at least 4 members (excludes halogenated alkanes) is 6. The molecule has 0 aromatic heterocycles. The fourth-order valence-corrected chi connectivity index (χ4v) is 3.13. The molecule has 0 heterocycles. The lowest BCUT2D eigenvalue weighted by Crippen LogP contribution is -2.39. The zero-order valence-electron chi connectivity index (χ0n) is 14.5. The number of nitrogens with zero attached hydrogens (tertiary/aromatic N) is 1. The number of nitro benzene ring substituents is 1. The number of thiocarbonyl (C=S) groups is 1. The van der Waals surface area contributed by atoms with Gasteiger partial charge in [0.1, 0.15) is 0 Å². The van der Waals surface area contributed by atoms with Crippen LogP contribution in [0.2, 0.25) is 0 Å². The van der Waals surface area contributed by atoms with Crippen molar-refractivity contribution in [2.45, 2.75) is 51.9 Å². The largest absolute Gasteiger partial charge is 0.283 e. The number of nitrogens with one attached hydrogen (secondary N) is 2. The van der Waals surface area contributed by atoms with Crippen LogP contribution >= 0.6 is 24.0 Å². The van der Waals surface area contributed by atoms with Gasteiger partial charge in [-0.25, -0.2) is 0 Å². The molecular weight excluding hydrogens is 358 g/mol. The third-order valence-electron chi connectivity index (χ3n) is 3.60. The van der Waals surface area contributed by atoms with Crippen molar-refractivity contribution in [3.63, 3.8) is 0 Å². The van der Waals surface area contributed by atoms with E-state index in [9.17, 15) is 14.9 Å². The molecule has 0 saturated heterocycles. The molecule has 0 fully saturated rings. The third kappa shape index (κ3) is 9.40. The smallest absolute Gasteiger partial charge is 0.269 e. The van der Waals surface area contributed by atoms with E-state index in [1.54, 1.807) is 0 Å². The normalized spacial score (nSPS) is 10.3. The van der Waals surface area contributed by atoms with Crippen molar-refractivity contribution < 1.29 is 9.72 Å². The van der Waals surface area contributed by atoms with Gasteiger partial charge in [0.15, 0.2) is 4.32 Å². The Bertz CT molecular complexity index is 565. The molecule has 0 bridgehead atoms. The Kier molecular flexibility index (Phi) is 10.8. The standard InChI is InChI=1S/C17H25N3O3S2/c1-2-3-4-5-6-7-8-13-25-17(24)19-18-16(21)14-9-11-15(12-10-14)20(22)23/h9-12H,2-8,13H2,1H3,(H,18,21)(H,19,24). The van der Waals surface area contributed by atoms with Crippen LogP contribution < -0.4 is 10.9 Å². The van der Waals surface area contributed by atoms with Crippen molar-refractivity contribution in [1.82, 2.24) is 10.9 Å². The number of carbonyl (C=O) groups excluding carboxylic acids is 1. The molecule has 8 heteroatoms. The molecule has 0 saturated carbocycles. The van der Waals surface area contributed by atoms with Gasteiger partial charge in [0, 0.05) is 23.4 Å². The van der Waals surface area contributed by atoms with Gasteiger partial charge in [-0.1, -0.05) is 69.4 Å². The molecule has 0 aliphatic carbocycles. The highest BCUT2D eigenvalue weighted by molar-refractivity contribution is 8.22. The first-order valence-electron chi connectivity index (χ1n) is 8.52. The van der Waals surface area contributed by atoms with E-state index in [1.807, 2.05) is 0 Å². The number of thioether (sulfide) groups is 1. The monoisotopic (exact) mass is 383 g/mol. The summed E-state index contributed by atoms with van der Waals surface area (Å²) in [7, 11) is 0. The molecule has 0 radical (unpaired) electrons. The zero-order valence-corrected chi connectivity index (χ0v) is 16.1. The molecule has 1 amide bonds. The first-order valence-corrected chi connectivity index (χ1v) is 9.91. The number of hydrogen-bond donors (Lipinski definition) is 2.